The molecule has 0 saturated heterocycles. The molecule has 0 aliphatic heterocycles. The molecule has 2 heterocycles. The Morgan fingerprint density at radius 1 is 0.309 bits per heavy atom. The molecule has 0 atom stereocenters. The molecule has 9 aromatic carbocycles. The van der Waals surface area contributed by atoms with Gasteiger partial charge in [-0.15, -0.1) is 0 Å². The fraction of sp³-hybridized carbons (Fsp3) is 0. The Labute approximate surface area is 317 Å². The highest BCUT2D eigenvalue weighted by atomic mass is 16.3. The van der Waals surface area contributed by atoms with Gasteiger partial charge >= 0.3 is 0 Å². The highest BCUT2D eigenvalue weighted by Crippen LogP contribution is 2.42. The third kappa shape index (κ3) is 5.19. The van der Waals surface area contributed by atoms with Crippen molar-refractivity contribution in [3.63, 3.8) is 0 Å². The van der Waals surface area contributed by atoms with Crippen LogP contribution in [-0.2, 0) is 0 Å². The molecule has 4 heteroatoms. The molecule has 0 unspecified atom stereocenters. The number of para-hydroxylation sites is 1. The predicted molar refractivity (Wildman–Crippen MR) is 227 cm³/mol. The summed E-state index contributed by atoms with van der Waals surface area (Å²) in [5.41, 5.74) is 8.77. The van der Waals surface area contributed by atoms with Crippen LogP contribution in [0.5, 0.6) is 0 Å². The number of benzene rings is 9. The van der Waals surface area contributed by atoms with Gasteiger partial charge < -0.3 is 4.42 Å². The second-order valence-corrected chi connectivity index (χ2v) is 13.9. The summed E-state index contributed by atoms with van der Waals surface area (Å²) in [6, 6.07) is 65.6. The van der Waals surface area contributed by atoms with Crippen LogP contribution in [0.15, 0.2) is 192 Å². The molecule has 256 valence electrons. The second-order valence-electron chi connectivity index (χ2n) is 13.9. The van der Waals surface area contributed by atoms with Gasteiger partial charge in [-0.2, -0.15) is 0 Å². The predicted octanol–water partition coefficient (Wildman–Crippen LogP) is 13.6. The van der Waals surface area contributed by atoms with Gasteiger partial charge in [0.25, 0.3) is 0 Å². The molecule has 0 saturated carbocycles. The summed E-state index contributed by atoms with van der Waals surface area (Å²) in [5.74, 6) is 1.81. The van der Waals surface area contributed by atoms with Crippen molar-refractivity contribution >= 4 is 54.3 Å². The first-order chi connectivity index (χ1) is 27.3. The van der Waals surface area contributed by atoms with Gasteiger partial charge in [0.15, 0.2) is 17.5 Å². The van der Waals surface area contributed by atoms with Crippen LogP contribution in [0.2, 0.25) is 0 Å². The van der Waals surface area contributed by atoms with E-state index in [1.807, 2.05) is 24.3 Å². The van der Waals surface area contributed by atoms with Crippen LogP contribution in [0, 0.1) is 0 Å². The molecular weight excluding hydrogens is 671 g/mol. The third-order valence-electron chi connectivity index (χ3n) is 10.7. The summed E-state index contributed by atoms with van der Waals surface area (Å²) >= 11 is 0. The number of hydrogen-bond acceptors (Lipinski definition) is 4. The van der Waals surface area contributed by atoms with E-state index in [2.05, 4.69) is 164 Å². The Hall–Kier alpha value is -7.43. The van der Waals surface area contributed by atoms with Crippen LogP contribution in [0.25, 0.3) is 111 Å². The number of fused-ring (bicyclic) bond motifs is 8. The smallest absolute Gasteiger partial charge is 0.164 e. The third-order valence-corrected chi connectivity index (χ3v) is 10.7. The lowest BCUT2D eigenvalue weighted by molar-refractivity contribution is 0.670. The van der Waals surface area contributed by atoms with Crippen LogP contribution in [0.3, 0.4) is 0 Å². The molecule has 0 aliphatic rings. The molecule has 0 amide bonds. The molecular formula is C51H31N3O. The average Bonchev–Trinajstić information content (AvgIpc) is 3.66. The van der Waals surface area contributed by atoms with Gasteiger partial charge in [-0.25, -0.2) is 15.0 Å². The van der Waals surface area contributed by atoms with Gasteiger partial charge in [-0.05, 0) is 67.2 Å². The van der Waals surface area contributed by atoms with E-state index < -0.39 is 0 Å². The Morgan fingerprint density at radius 2 is 0.891 bits per heavy atom. The summed E-state index contributed by atoms with van der Waals surface area (Å²) in [6.07, 6.45) is 0. The summed E-state index contributed by atoms with van der Waals surface area (Å²) in [5, 5.41) is 9.01. The molecule has 4 nitrogen and oxygen atoms in total. The average molecular weight is 702 g/mol. The fourth-order valence-corrected chi connectivity index (χ4v) is 8.15. The SMILES string of the molecule is c1ccc(-c2cccc(-c3nc(-c4cc5ccccc5c5c4ccc4ccccc45)nc(-c4cccc5oc6c(-c7ccccc7)cccc6c45)n3)c2)cc1. The van der Waals surface area contributed by atoms with Crippen molar-refractivity contribution in [2.45, 2.75) is 0 Å². The Kier molecular flexibility index (Phi) is 7.14. The van der Waals surface area contributed by atoms with E-state index in [0.29, 0.717) is 17.5 Å². The maximum absolute atomic E-state index is 6.67. The maximum atomic E-state index is 6.67. The van der Waals surface area contributed by atoms with Crippen molar-refractivity contribution in [1.82, 2.24) is 15.0 Å². The van der Waals surface area contributed by atoms with Crippen molar-refractivity contribution in [3.8, 4) is 56.4 Å². The minimum atomic E-state index is 0.589. The van der Waals surface area contributed by atoms with Gasteiger partial charge in [0, 0.05) is 33.0 Å². The zero-order valence-corrected chi connectivity index (χ0v) is 29.6. The lowest BCUT2D eigenvalue weighted by Gasteiger charge is -2.14. The van der Waals surface area contributed by atoms with E-state index in [-0.39, 0.29) is 0 Å². The van der Waals surface area contributed by atoms with Crippen LogP contribution in [-0.4, -0.2) is 15.0 Å². The molecule has 0 bridgehead atoms. The van der Waals surface area contributed by atoms with Gasteiger partial charge in [0.1, 0.15) is 11.2 Å². The number of hydrogen-bond donors (Lipinski definition) is 0. The lowest BCUT2D eigenvalue weighted by Crippen LogP contribution is -2.01. The van der Waals surface area contributed by atoms with E-state index in [1.165, 1.54) is 21.5 Å². The van der Waals surface area contributed by atoms with Crippen LogP contribution in [0.4, 0.5) is 0 Å². The quantitative estimate of drug-likeness (QED) is 0.168. The van der Waals surface area contributed by atoms with E-state index in [9.17, 15) is 0 Å². The van der Waals surface area contributed by atoms with E-state index in [1.54, 1.807) is 0 Å². The zero-order valence-electron chi connectivity index (χ0n) is 29.6. The zero-order chi connectivity index (χ0) is 36.3. The molecule has 11 rings (SSSR count). The minimum Gasteiger partial charge on any atom is -0.455 e. The summed E-state index contributed by atoms with van der Waals surface area (Å²) in [4.78, 5) is 16.0. The summed E-state index contributed by atoms with van der Waals surface area (Å²) in [6.45, 7) is 0. The first kappa shape index (κ1) is 31.1. The van der Waals surface area contributed by atoms with Gasteiger partial charge in [-0.3, -0.25) is 0 Å². The monoisotopic (exact) mass is 701 g/mol. The maximum Gasteiger partial charge on any atom is 0.164 e. The van der Waals surface area contributed by atoms with Gasteiger partial charge in [0.05, 0.1) is 0 Å². The van der Waals surface area contributed by atoms with Crippen molar-refractivity contribution in [2.24, 2.45) is 0 Å². The highest BCUT2D eigenvalue weighted by molar-refractivity contribution is 6.23. The van der Waals surface area contributed by atoms with E-state index >= 15 is 0 Å². The Balaban J connectivity index is 1.21. The topological polar surface area (TPSA) is 51.8 Å². The van der Waals surface area contributed by atoms with E-state index in [4.69, 9.17) is 19.4 Å². The van der Waals surface area contributed by atoms with Crippen LogP contribution < -0.4 is 0 Å². The number of furan rings is 1. The molecule has 2 aromatic heterocycles. The minimum absolute atomic E-state index is 0.589. The van der Waals surface area contributed by atoms with Crippen molar-refractivity contribution in [1.29, 1.82) is 0 Å². The molecule has 0 radical (unpaired) electrons. The Bertz CT molecular complexity index is 3240. The van der Waals surface area contributed by atoms with E-state index in [0.717, 1.165) is 71.7 Å². The second kappa shape index (κ2) is 12.6. The van der Waals surface area contributed by atoms with Crippen molar-refractivity contribution < 1.29 is 4.42 Å². The fourth-order valence-electron chi connectivity index (χ4n) is 8.15. The van der Waals surface area contributed by atoms with Gasteiger partial charge in [0.2, 0.25) is 0 Å². The number of aromatic nitrogens is 3. The summed E-state index contributed by atoms with van der Waals surface area (Å²) < 4.78 is 6.67. The molecule has 0 spiro atoms. The normalized spacial score (nSPS) is 11.6. The first-order valence-corrected chi connectivity index (χ1v) is 18.5. The molecule has 0 N–H and O–H groups in total. The first-order valence-electron chi connectivity index (χ1n) is 18.5. The van der Waals surface area contributed by atoms with Crippen molar-refractivity contribution in [3.05, 3.63) is 188 Å². The van der Waals surface area contributed by atoms with Crippen LogP contribution >= 0.6 is 0 Å². The number of nitrogens with zero attached hydrogens (tertiary/aromatic N) is 3. The molecule has 55 heavy (non-hydrogen) atoms. The largest absolute Gasteiger partial charge is 0.455 e. The highest BCUT2D eigenvalue weighted by Gasteiger charge is 2.21. The van der Waals surface area contributed by atoms with Gasteiger partial charge in [-0.1, -0.05) is 170 Å². The molecule has 0 fully saturated rings. The standard InChI is InChI=1S/C51H31N3O/c1-3-14-32(15-4-1)35-20-11-21-37(30-35)49-52-50(43-26-13-27-45-47(43)42-25-12-24-40(48(42)55-45)33-16-5-2-6-17-33)54-51(53-49)44-31-36-19-8-10-23-39(36)46-38-22-9-7-18-34(38)28-29-41(44)46/h1-31H. The van der Waals surface area contributed by atoms with Crippen LogP contribution in [0.1, 0.15) is 0 Å². The molecule has 0 aliphatic carbocycles. The molecule has 11 aromatic rings. The number of rotatable bonds is 5. The Morgan fingerprint density at radius 3 is 1.71 bits per heavy atom. The summed E-state index contributed by atoms with van der Waals surface area (Å²) in [7, 11) is 0. The lowest BCUT2D eigenvalue weighted by atomic mass is 9.92. The van der Waals surface area contributed by atoms with Crippen molar-refractivity contribution in [2.75, 3.05) is 0 Å².